The summed E-state index contributed by atoms with van der Waals surface area (Å²) in [6.45, 7) is 3.15. The Morgan fingerprint density at radius 3 is 2.75 bits per heavy atom. The third kappa shape index (κ3) is 2.88. The molecule has 0 bridgehead atoms. The average Bonchev–Trinajstić information content (AvgIpc) is 3.16. The molecule has 3 rings (SSSR count). The van der Waals surface area contributed by atoms with Crippen molar-refractivity contribution in [1.29, 1.82) is 0 Å². The molecule has 20 heavy (non-hydrogen) atoms. The van der Waals surface area contributed by atoms with Gasteiger partial charge < -0.3 is 14.6 Å². The SMILES string of the molecule is CCC1CCC(c2noc(C3CC(OC)CN3)n2)CC1. The van der Waals surface area contributed by atoms with Gasteiger partial charge in [-0.2, -0.15) is 4.98 Å². The number of aromatic nitrogens is 2. The van der Waals surface area contributed by atoms with Crippen LogP contribution in [0, 0.1) is 5.92 Å². The first kappa shape index (κ1) is 14.0. The van der Waals surface area contributed by atoms with E-state index in [-0.39, 0.29) is 12.1 Å². The first-order chi connectivity index (χ1) is 9.80. The largest absolute Gasteiger partial charge is 0.380 e. The number of hydrogen-bond donors (Lipinski definition) is 1. The standard InChI is InChI=1S/C15H25N3O2/c1-3-10-4-6-11(7-5-10)14-17-15(20-18-14)13-8-12(19-2)9-16-13/h10-13,16H,3-9H2,1-2H3. The molecule has 1 saturated heterocycles. The lowest BCUT2D eigenvalue weighted by Crippen LogP contribution is -2.16. The zero-order valence-electron chi connectivity index (χ0n) is 12.5. The molecule has 2 fully saturated rings. The molecule has 2 heterocycles. The first-order valence-corrected chi connectivity index (χ1v) is 7.89. The molecule has 5 nitrogen and oxygen atoms in total. The van der Waals surface area contributed by atoms with Crippen molar-refractivity contribution in [1.82, 2.24) is 15.5 Å². The molecule has 112 valence electrons. The van der Waals surface area contributed by atoms with Crippen molar-refractivity contribution in [2.24, 2.45) is 5.92 Å². The zero-order chi connectivity index (χ0) is 13.9. The third-order valence-corrected chi connectivity index (χ3v) is 4.97. The molecule has 0 amide bonds. The van der Waals surface area contributed by atoms with Gasteiger partial charge in [-0.3, -0.25) is 0 Å². The highest BCUT2D eigenvalue weighted by atomic mass is 16.5. The highest BCUT2D eigenvalue weighted by molar-refractivity contribution is 5.02. The van der Waals surface area contributed by atoms with Crippen LogP contribution in [0.3, 0.4) is 0 Å². The van der Waals surface area contributed by atoms with E-state index in [4.69, 9.17) is 9.26 Å². The summed E-state index contributed by atoms with van der Waals surface area (Å²) in [6, 6.07) is 0.160. The van der Waals surface area contributed by atoms with Gasteiger partial charge in [0, 0.05) is 19.6 Å². The van der Waals surface area contributed by atoms with Gasteiger partial charge in [-0.25, -0.2) is 0 Å². The number of ether oxygens (including phenoxy) is 1. The van der Waals surface area contributed by atoms with Crippen LogP contribution in [0.2, 0.25) is 0 Å². The van der Waals surface area contributed by atoms with Gasteiger partial charge in [0.15, 0.2) is 5.82 Å². The molecule has 1 aromatic heterocycles. The first-order valence-electron chi connectivity index (χ1n) is 7.89. The number of rotatable bonds is 4. The molecule has 1 aliphatic heterocycles. The van der Waals surface area contributed by atoms with E-state index in [9.17, 15) is 0 Å². The second kappa shape index (κ2) is 6.22. The molecule has 0 aromatic carbocycles. The summed E-state index contributed by atoms with van der Waals surface area (Å²) in [6.07, 6.45) is 7.49. The van der Waals surface area contributed by atoms with Gasteiger partial charge >= 0.3 is 0 Å². The summed E-state index contributed by atoms with van der Waals surface area (Å²) < 4.78 is 10.8. The number of methoxy groups -OCH3 is 1. The Morgan fingerprint density at radius 1 is 1.30 bits per heavy atom. The second-order valence-electron chi connectivity index (χ2n) is 6.17. The molecular formula is C15H25N3O2. The maximum absolute atomic E-state index is 5.47. The van der Waals surface area contributed by atoms with E-state index in [0.29, 0.717) is 5.92 Å². The normalized spacial score (nSPS) is 34.5. The second-order valence-corrected chi connectivity index (χ2v) is 6.17. The van der Waals surface area contributed by atoms with Crippen molar-refractivity contribution < 1.29 is 9.26 Å². The van der Waals surface area contributed by atoms with Crippen LogP contribution in [0.4, 0.5) is 0 Å². The van der Waals surface area contributed by atoms with Crippen molar-refractivity contribution in [3.63, 3.8) is 0 Å². The quantitative estimate of drug-likeness (QED) is 0.918. The Labute approximate surface area is 120 Å². The molecule has 1 aliphatic carbocycles. The fraction of sp³-hybridized carbons (Fsp3) is 0.867. The van der Waals surface area contributed by atoms with Crippen LogP contribution in [0.5, 0.6) is 0 Å². The summed E-state index contributed by atoms with van der Waals surface area (Å²) in [4.78, 5) is 4.64. The third-order valence-electron chi connectivity index (χ3n) is 4.97. The Balaban J connectivity index is 1.60. The van der Waals surface area contributed by atoms with Gasteiger partial charge in [-0.1, -0.05) is 18.5 Å². The molecule has 0 spiro atoms. The van der Waals surface area contributed by atoms with Crippen molar-refractivity contribution in [3.8, 4) is 0 Å². The topological polar surface area (TPSA) is 60.2 Å². The van der Waals surface area contributed by atoms with Crippen LogP contribution in [-0.4, -0.2) is 29.9 Å². The maximum atomic E-state index is 5.47. The summed E-state index contributed by atoms with van der Waals surface area (Å²) in [5, 5.41) is 7.60. The number of nitrogens with zero attached hydrogens (tertiary/aromatic N) is 2. The molecule has 1 saturated carbocycles. The number of hydrogen-bond acceptors (Lipinski definition) is 5. The maximum Gasteiger partial charge on any atom is 0.243 e. The van der Waals surface area contributed by atoms with Crippen LogP contribution in [0.1, 0.15) is 69.1 Å². The Bertz CT molecular complexity index is 427. The van der Waals surface area contributed by atoms with Crippen molar-refractivity contribution in [2.75, 3.05) is 13.7 Å². The van der Waals surface area contributed by atoms with E-state index < -0.39 is 0 Å². The summed E-state index contributed by atoms with van der Waals surface area (Å²) in [5.41, 5.74) is 0. The minimum Gasteiger partial charge on any atom is -0.380 e. The zero-order valence-corrected chi connectivity index (χ0v) is 12.5. The summed E-state index contributed by atoms with van der Waals surface area (Å²) in [7, 11) is 1.75. The van der Waals surface area contributed by atoms with Crippen LogP contribution in [-0.2, 0) is 4.74 Å². The lowest BCUT2D eigenvalue weighted by Gasteiger charge is -2.25. The molecule has 2 atom stereocenters. The van der Waals surface area contributed by atoms with E-state index in [2.05, 4.69) is 22.4 Å². The highest BCUT2D eigenvalue weighted by Crippen LogP contribution is 2.36. The summed E-state index contributed by atoms with van der Waals surface area (Å²) >= 11 is 0. The lowest BCUT2D eigenvalue weighted by molar-refractivity contribution is 0.116. The van der Waals surface area contributed by atoms with E-state index in [0.717, 1.165) is 30.6 Å². The average molecular weight is 279 g/mol. The van der Waals surface area contributed by atoms with Gasteiger partial charge in [0.2, 0.25) is 5.89 Å². The van der Waals surface area contributed by atoms with Gasteiger partial charge in [-0.05, 0) is 38.0 Å². The molecule has 0 radical (unpaired) electrons. The Kier molecular flexibility index (Phi) is 4.36. The smallest absolute Gasteiger partial charge is 0.243 e. The van der Waals surface area contributed by atoms with Gasteiger partial charge in [0.1, 0.15) is 0 Å². The fourth-order valence-electron chi connectivity index (χ4n) is 3.45. The van der Waals surface area contributed by atoms with Crippen molar-refractivity contribution in [2.45, 2.75) is 63.5 Å². The minimum atomic E-state index is 0.160. The fourth-order valence-corrected chi connectivity index (χ4v) is 3.45. The van der Waals surface area contributed by atoms with Crippen LogP contribution in [0.15, 0.2) is 4.52 Å². The van der Waals surface area contributed by atoms with Crippen LogP contribution < -0.4 is 5.32 Å². The Morgan fingerprint density at radius 2 is 2.10 bits per heavy atom. The lowest BCUT2D eigenvalue weighted by atomic mass is 9.80. The highest BCUT2D eigenvalue weighted by Gasteiger charge is 2.31. The molecule has 1 aromatic rings. The molecular weight excluding hydrogens is 254 g/mol. The minimum absolute atomic E-state index is 0.160. The number of nitrogens with one attached hydrogen (secondary N) is 1. The van der Waals surface area contributed by atoms with E-state index in [1.165, 1.54) is 32.1 Å². The van der Waals surface area contributed by atoms with E-state index in [1.807, 2.05) is 0 Å². The predicted molar refractivity (Wildman–Crippen MR) is 75.4 cm³/mol. The predicted octanol–water partition coefficient (Wildman–Crippen LogP) is 2.80. The van der Waals surface area contributed by atoms with Crippen molar-refractivity contribution >= 4 is 0 Å². The van der Waals surface area contributed by atoms with E-state index in [1.54, 1.807) is 7.11 Å². The molecule has 1 N–H and O–H groups in total. The van der Waals surface area contributed by atoms with Crippen LogP contribution in [0.25, 0.3) is 0 Å². The molecule has 2 unspecified atom stereocenters. The molecule has 2 aliphatic rings. The Hall–Kier alpha value is -0.940. The van der Waals surface area contributed by atoms with Crippen LogP contribution >= 0.6 is 0 Å². The van der Waals surface area contributed by atoms with Gasteiger partial charge in [0.25, 0.3) is 0 Å². The van der Waals surface area contributed by atoms with E-state index >= 15 is 0 Å². The molecule has 5 heteroatoms. The van der Waals surface area contributed by atoms with Gasteiger partial charge in [-0.15, -0.1) is 0 Å². The summed E-state index contributed by atoms with van der Waals surface area (Å²) in [5.74, 6) is 3.04. The van der Waals surface area contributed by atoms with Crippen molar-refractivity contribution in [3.05, 3.63) is 11.7 Å². The monoisotopic (exact) mass is 279 g/mol. The van der Waals surface area contributed by atoms with Gasteiger partial charge in [0.05, 0.1) is 12.1 Å².